The van der Waals surface area contributed by atoms with Crippen LogP contribution in [-0.2, 0) is 12.8 Å². The van der Waals surface area contributed by atoms with Crippen molar-refractivity contribution in [3.63, 3.8) is 0 Å². The Morgan fingerprint density at radius 1 is 1.26 bits per heavy atom. The van der Waals surface area contributed by atoms with Crippen molar-refractivity contribution < 1.29 is 0 Å². The number of aryl methyl sites for hydroxylation is 1. The van der Waals surface area contributed by atoms with E-state index < -0.39 is 0 Å². The maximum absolute atomic E-state index is 6.09. The Morgan fingerprint density at radius 2 is 2.11 bits per heavy atom. The molecule has 3 rings (SSSR count). The van der Waals surface area contributed by atoms with Crippen molar-refractivity contribution >= 4 is 28.2 Å². The highest BCUT2D eigenvalue weighted by molar-refractivity contribution is 6.31. The van der Waals surface area contributed by atoms with Gasteiger partial charge in [0.1, 0.15) is 0 Å². The van der Waals surface area contributed by atoms with Gasteiger partial charge in [-0.25, -0.2) is 0 Å². The smallest absolute Gasteiger partial charge is 0.0741 e. The molecule has 1 N–H and O–H groups in total. The van der Waals surface area contributed by atoms with E-state index in [1.807, 2.05) is 12.1 Å². The zero-order chi connectivity index (χ0) is 13.2. The number of hydrogen-bond acceptors (Lipinski definition) is 2. The lowest BCUT2D eigenvalue weighted by molar-refractivity contribution is 0.672. The summed E-state index contributed by atoms with van der Waals surface area (Å²) in [6.07, 6.45) is 5.58. The Morgan fingerprint density at radius 3 is 2.95 bits per heavy atom. The summed E-state index contributed by atoms with van der Waals surface area (Å²) in [6, 6.07) is 5.97. The number of nitrogens with one attached hydrogen (secondary N) is 1. The van der Waals surface area contributed by atoms with Crippen molar-refractivity contribution in [2.45, 2.75) is 32.1 Å². The van der Waals surface area contributed by atoms with E-state index in [1.165, 1.54) is 35.2 Å². The highest BCUT2D eigenvalue weighted by atomic mass is 35.5. The van der Waals surface area contributed by atoms with Crippen molar-refractivity contribution in [1.82, 2.24) is 4.98 Å². The van der Waals surface area contributed by atoms with Crippen LogP contribution in [0.3, 0.4) is 0 Å². The number of pyridine rings is 1. The van der Waals surface area contributed by atoms with E-state index in [-0.39, 0.29) is 0 Å². The summed E-state index contributed by atoms with van der Waals surface area (Å²) in [4.78, 5) is 4.81. The largest absolute Gasteiger partial charge is 0.384 e. The molecule has 0 atom stereocenters. The minimum atomic E-state index is 0.749. The summed E-state index contributed by atoms with van der Waals surface area (Å²) in [5, 5.41) is 5.47. The molecule has 0 saturated carbocycles. The Kier molecular flexibility index (Phi) is 3.61. The second kappa shape index (κ2) is 5.38. The second-order valence-electron chi connectivity index (χ2n) is 5.06. The van der Waals surface area contributed by atoms with Gasteiger partial charge in [0.15, 0.2) is 0 Å². The van der Waals surface area contributed by atoms with Gasteiger partial charge in [0, 0.05) is 28.3 Å². The van der Waals surface area contributed by atoms with Crippen LogP contribution in [0.25, 0.3) is 10.9 Å². The van der Waals surface area contributed by atoms with E-state index in [4.69, 9.17) is 16.6 Å². The number of benzene rings is 1. The summed E-state index contributed by atoms with van der Waals surface area (Å²) in [7, 11) is 0. The van der Waals surface area contributed by atoms with E-state index in [1.54, 1.807) is 0 Å². The molecule has 2 nitrogen and oxygen atoms in total. The van der Waals surface area contributed by atoms with E-state index in [9.17, 15) is 0 Å². The van der Waals surface area contributed by atoms with Crippen LogP contribution >= 0.6 is 11.6 Å². The number of anilines is 1. The highest BCUT2D eigenvalue weighted by Gasteiger charge is 2.17. The van der Waals surface area contributed by atoms with Gasteiger partial charge in [0.25, 0.3) is 0 Å². The van der Waals surface area contributed by atoms with Crippen molar-refractivity contribution in [2.24, 2.45) is 0 Å². The molecule has 1 aromatic heterocycles. The molecule has 0 amide bonds. The van der Waals surface area contributed by atoms with Gasteiger partial charge in [-0.3, -0.25) is 4.98 Å². The molecule has 1 aromatic carbocycles. The van der Waals surface area contributed by atoms with Crippen LogP contribution in [0.15, 0.2) is 18.2 Å². The number of rotatable bonds is 3. The zero-order valence-corrected chi connectivity index (χ0v) is 11.8. The van der Waals surface area contributed by atoms with Gasteiger partial charge < -0.3 is 5.32 Å². The molecule has 1 aliphatic carbocycles. The van der Waals surface area contributed by atoms with Crippen LogP contribution < -0.4 is 5.32 Å². The molecule has 1 aliphatic rings. The summed E-state index contributed by atoms with van der Waals surface area (Å²) >= 11 is 6.09. The molecule has 1 radical (unpaired) electrons. The number of fused-ring (bicyclic) bond motifs is 2. The molecule has 2 aromatic rings. The Hall–Kier alpha value is -1.28. The first kappa shape index (κ1) is 12.7. The molecule has 19 heavy (non-hydrogen) atoms. The van der Waals surface area contributed by atoms with Gasteiger partial charge in [0.2, 0.25) is 0 Å². The predicted molar refractivity (Wildman–Crippen MR) is 81.9 cm³/mol. The lowest BCUT2D eigenvalue weighted by Gasteiger charge is -2.21. The third-order valence-electron chi connectivity index (χ3n) is 3.70. The van der Waals surface area contributed by atoms with Crippen molar-refractivity contribution in [2.75, 3.05) is 11.9 Å². The van der Waals surface area contributed by atoms with Gasteiger partial charge in [-0.15, -0.1) is 0 Å². The van der Waals surface area contributed by atoms with Crippen molar-refractivity contribution in [3.05, 3.63) is 41.4 Å². The lowest BCUT2D eigenvalue weighted by Crippen LogP contribution is -2.12. The SMILES string of the molecule is [CH2]CCNc1c2c(nc3cc(Cl)ccc13)CCCC2. The zero-order valence-electron chi connectivity index (χ0n) is 11.0. The first-order valence-corrected chi connectivity index (χ1v) is 7.31. The van der Waals surface area contributed by atoms with Crippen LogP contribution in [0.4, 0.5) is 5.69 Å². The highest BCUT2D eigenvalue weighted by Crippen LogP contribution is 2.34. The maximum Gasteiger partial charge on any atom is 0.0741 e. The van der Waals surface area contributed by atoms with Crippen LogP contribution in [0.5, 0.6) is 0 Å². The van der Waals surface area contributed by atoms with E-state index >= 15 is 0 Å². The quantitative estimate of drug-likeness (QED) is 0.896. The third kappa shape index (κ3) is 2.42. The summed E-state index contributed by atoms with van der Waals surface area (Å²) in [5.41, 5.74) is 4.89. The molecule has 99 valence electrons. The van der Waals surface area contributed by atoms with Gasteiger partial charge in [-0.05, 0) is 55.9 Å². The second-order valence-corrected chi connectivity index (χ2v) is 5.50. The van der Waals surface area contributed by atoms with E-state index in [2.05, 4.69) is 18.3 Å². The Bertz CT molecular complexity index is 607. The fourth-order valence-corrected chi connectivity index (χ4v) is 2.98. The van der Waals surface area contributed by atoms with Crippen LogP contribution in [0.1, 0.15) is 30.5 Å². The average Bonchev–Trinajstić information content (AvgIpc) is 2.43. The average molecular weight is 274 g/mol. The lowest BCUT2D eigenvalue weighted by atomic mass is 9.92. The minimum absolute atomic E-state index is 0.749. The molecule has 1 heterocycles. The van der Waals surface area contributed by atoms with E-state index in [0.717, 1.165) is 36.3 Å². The molecule has 0 unspecified atom stereocenters. The van der Waals surface area contributed by atoms with Gasteiger partial charge in [0.05, 0.1) is 5.52 Å². The van der Waals surface area contributed by atoms with Crippen LogP contribution in [0, 0.1) is 6.92 Å². The molecular formula is C16H18ClN2. The molecule has 0 bridgehead atoms. The number of halogens is 1. The minimum Gasteiger partial charge on any atom is -0.384 e. The number of aromatic nitrogens is 1. The molecule has 0 fully saturated rings. The first-order valence-electron chi connectivity index (χ1n) is 6.93. The predicted octanol–water partition coefficient (Wildman–Crippen LogP) is 4.40. The molecule has 0 aliphatic heterocycles. The molecular weight excluding hydrogens is 256 g/mol. The number of nitrogens with zero attached hydrogens (tertiary/aromatic N) is 1. The van der Waals surface area contributed by atoms with Gasteiger partial charge in [-0.1, -0.05) is 18.5 Å². The van der Waals surface area contributed by atoms with Gasteiger partial charge >= 0.3 is 0 Å². The van der Waals surface area contributed by atoms with Crippen LogP contribution in [-0.4, -0.2) is 11.5 Å². The fraction of sp³-hybridized carbons (Fsp3) is 0.375. The van der Waals surface area contributed by atoms with Gasteiger partial charge in [-0.2, -0.15) is 0 Å². The monoisotopic (exact) mass is 273 g/mol. The third-order valence-corrected chi connectivity index (χ3v) is 3.94. The number of hydrogen-bond donors (Lipinski definition) is 1. The molecule has 3 heteroatoms. The Balaban J connectivity index is 2.20. The topological polar surface area (TPSA) is 24.9 Å². The van der Waals surface area contributed by atoms with E-state index in [0.29, 0.717) is 0 Å². The van der Waals surface area contributed by atoms with Crippen molar-refractivity contribution in [1.29, 1.82) is 0 Å². The molecule has 0 spiro atoms. The Labute approximate surface area is 119 Å². The first-order chi connectivity index (χ1) is 9.29. The summed E-state index contributed by atoms with van der Waals surface area (Å²) in [5.74, 6) is 0. The standard InChI is InChI=1S/C16H18ClN2/c1-2-9-18-16-12-5-3-4-6-14(12)19-15-10-11(17)7-8-13(15)16/h7-8,10H,1-6,9H2,(H,18,19). The maximum atomic E-state index is 6.09. The summed E-state index contributed by atoms with van der Waals surface area (Å²) < 4.78 is 0. The molecule has 0 saturated heterocycles. The summed E-state index contributed by atoms with van der Waals surface area (Å²) in [6.45, 7) is 4.80. The van der Waals surface area contributed by atoms with Crippen LogP contribution in [0.2, 0.25) is 5.02 Å². The fourth-order valence-electron chi connectivity index (χ4n) is 2.81. The van der Waals surface area contributed by atoms with Crippen molar-refractivity contribution in [3.8, 4) is 0 Å². The normalized spacial score (nSPS) is 14.4.